The van der Waals surface area contributed by atoms with Crippen LogP contribution in [0.15, 0.2) is 63.0 Å². The van der Waals surface area contributed by atoms with Gasteiger partial charge in [0.05, 0.1) is 15.8 Å². The van der Waals surface area contributed by atoms with Crippen molar-refractivity contribution in [2.24, 2.45) is 0 Å². The molecule has 7 nitrogen and oxygen atoms in total. The number of H-pyrrole nitrogens is 2. The summed E-state index contributed by atoms with van der Waals surface area (Å²) in [5.74, 6) is 0. The summed E-state index contributed by atoms with van der Waals surface area (Å²) < 4.78 is 27.8. The molecule has 1 unspecified atom stereocenters. The lowest BCUT2D eigenvalue weighted by atomic mass is 10.1. The van der Waals surface area contributed by atoms with Gasteiger partial charge < -0.3 is 4.98 Å². The summed E-state index contributed by atoms with van der Waals surface area (Å²) in [6.07, 6.45) is 1.40. The van der Waals surface area contributed by atoms with E-state index in [0.29, 0.717) is 6.42 Å². The first-order chi connectivity index (χ1) is 12.3. The van der Waals surface area contributed by atoms with Gasteiger partial charge in [-0.3, -0.25) is 9.78 Å². The molecule has 8 heteroatoms. The number of aromatic amines is 2. The molecule has 0 aliphatic carbocycles. The quantitative estimate of drug-likeness (QED) is 0.608. The largest absolute Gasteiger partial charge is 0.326 e. The first-order valence-electron chi connectivity index (χ1n) is 8.18. The van der Waals surface area contributed by atoms with E-state index in [1.807, 2.05) is 30.3 Å². The van der Waals surface area contributed by atoms with Crippen molar-refractivity contribution in [2.45, 2.75) is 30.7 Å². The van der Waals surface area contributed by atoms with Gasteiger partial charge in [-0.2, -0.15) is 0 Å². The van der Waals surface area contributed by atoms with E-state index >= 15 is 0 Å². The van der Waals surface area contributed by atoms with Crippen molar-refractivity contribution in [1.82, 2.24) is 14.7 Å². The summed E-state index contributed by atoms with van der Waals surface area (Å²) in [6, 6.07) is 13.6. The van der Waals surface area contributed by atoms with Gasteiger partial charge in [0.25, 0.3) is 5.56 Å². The number of hydrogen-bond acceptors (Lipinski definition) is 4. The smallest absolute Gasteiger partial charge is 0.307 e. The third-order valence-corrected chi connectivity index (χ3v) is 5.67. The van der Waals surface area contributed by atoms with E-state index in [2.05, 4.69) is 14.7 Å². The molecule has 2 aromatic carbocycles. The fourth-order valence-electron chi connectivity index (χ4n) is 2.73. The molecular weight excluding hydrogens is 354 g/mol. The van der Waals surface area contributed by atoms with E-state index in [4.69, 9.17) is 0 Å². The van der Waals surface area contributed by atoms with E-state index < -0.39 is 21.3 Å². The normalized spacial score (nSPS) is 13.0. The van der Waals surface area contributed by atoms with Gasteiger partial charge in [0.2, 0.25) is 10.0 Å². The highest BCUT2D eigenvalue weighted by Gasteiger charge is 2.18. The molecular formula is C18H19N3O4S. The second-order valence-corrected chi connectivity index (χ2v) is 7.88. The third kappa shape index (κ3) is 4.09. The van der Waals surface area contributed by atoms with E-state index in [0.717, 1.165) is 12.0 Å². The van der Waals surface area contributed by atoms with E-state index in [9.17, 15) is 18.0 Å². The van der Waals surface area contributed by atoms with Crippen molar-refractivity contribution in [3.63, 3.8) is 0 Å². The minimum atomic E-state index is -3.78. The molecule has 26 heavy (non-hydrogen) atoms. The molecule has 0 fully saturated rings. The lowest BCUT2D eigenvalue weighted by Crippen LogP contribution is -2.33. The summed E-state index contributed by atoms with van der Waals surface area (Å²) in [6.45, 7) is 1.80. The molecule has 0 bridgehead atoms. The van der Waals surface area contributed by atoms with Crippen LogP contribution in [-0.2, 0) is 16.4 Å². The maximum Gasteiger partial charge on any atom is 0.326 e. The Morgan fingerprint density at radius 3 is 2.50 bits per heavy atom. The average molecular weight is 373 g/mol. The molecule has 0 saturated heterocycles. The summed E-state index contributed by atoms with van der Waals surface area (Å²) in [7, 11) is -3.78. The van der Waals surface area contributed by atoms with Crippen LogP contribution in [0.2, 0.25) is 0 Å². The van der Waals surface area contributed by atoms with Gasteiger partial charge in [0.15, 0.2) is 0 Å². The Morgan fingerprint density at radius 1 is 1.04 bits per heavy atom. The van der Waals surface area contributed by atoms with Crippen molar-refractivity contribution in [1.29, 1.82) is 0 Å². The highest BCUT2D eigenvalue weighted by Crippen LogP contribution is 2.15. The number of hydrogen-bond donors (Lipinski definition) is 3. The van der Waals surface area contributed by atoms with Crippen molar-refractivity contribution in [3.8, 4) is 0 Å². The second kappa shape index (κ2) is 7.27. The van der Waals surface area contributed by atoms with Gasteiger partial charge in [-0.1, -0.05) is 30.3 Å². The number of fused-ring (bicyclic) bond motifs is 1. The zero-order valence-corrected chi connectivity index (χ0v) is 15.0. The maximum atomic E-state index is 12.6. The number of rotatable bonds is 6. The Kier molecular flexibility index (Phi) is 5.06. The van der Waals surface area contributed by atoms with Crippen LogP contribution in [-0.4, -0.2) is 24.4 Å². The topological polar surface area (TPSA) is 112 Å². The van der Waals surface area contributed by atoms with Gasteiger partial charge in [0, 0.05) is 6.04 Å². The number of sulfonamides is 1. The van der Waals surface area contributed by atoms with Crippen LogP contribution >= 0.6 is 0 Å². The first-order valence-corrected chi connectivity index (χ1v) is 9.66. The van der Waals surface area contributed by atoms with Gasteiger partial charge in [-0.25, -0.2) is 17.9 Å². The summed E-state index contributed by atoms with van der Waals surface area (Å²) in [5.41, 5.74) is 0.165. The molecule has 0 saturated carbocycles. The van der Waals surface area contributed by atoms with Crippen molar-refractivity contribution in [3.05, 3.63) is 74.9 Å². The van der Waals surface area contributed by atoms with Crippen LogP contribution in [0.1, 0.15) is 18.9 Å². The minimum Gasteiger partial charge on any atom is -0.307 e. The number of aryl methyl sites for hydroxylation is 1. The molecule has 0 aliphatic heterocycles. The SMILES string of the molecule is CC(CCc1ccccc1)NS(=O)(=O)c1ccc2[nH]c(=O)[nH]c(=O)c2c1. The Bertz CT molecular complexity index is 1130. The first kappa shape index (κ1) is 18.1. The van der Waals surface area contributed by atoms with Gasteiger partial charge in [-0.05, 0) is 43.5 Å². The summed E-state index contributed by atoms with van der Waals surface area (Å²) >= 11 is 0. The number of aromatic nitrogens is 2. The van der Waals surface area contributed by atoms with Crippen molar-refractivity contribution in [2.75, 3.05) is 0 Å². The molecule has 0 radical (unpaired) electrons. The molecule has 3 aromatic rings. The predicted molar refractivity (Wildman–Crippen MR) is 99.7 cm³/mol. The highest BCUT2D eigenvalue weighted by molar-refractivity contribution is 7.89. The summed E-state index contributed by atoms with van der Waals surface area (Å²) in [5, 5.41) is 0.115. The zero-order valence-electron chi connectivity index (χ0n) is 14.2. The molecule has 0 amide bonds. The minimum absolute atomic E-state index is 0.0193. The van der Waals surface area contributed by atoms with Crippen molar-refractivity contribution >= 4 is 20.9 Å². The Balaban J connectivity index is 1.78. The molecule has 3 N–H and O–H groups in total. The van der Waals surface area contributed by atoms with E-state index in [1.165, 1.54) is 18.2 Å². The van der Waals surface area contributed by atoms with Gasteiger partial charge in [-0.15, -0.1) is 0 Å². The predicted octanol–water partition coefficient (Wildman–Crippen LogP) is 1.52. The molecule has 1 heterocycles. The molecule has 136 valence electrons. The third-order valence-electron chi connectivity index (χ3n) is 4.09. The van der Waals surface area contributed by atoms with Gasteiger partial charge in [0.1, 0.15) is 0 Å². The standard InChI is InChI=1S/C18H19N3O4S/c1-12(7-8-13-5-3-2-4-6-13)21-26(24,25)14-9-10-16-15(11-14)17(22)20-18(23)19-16/h2-6,9-12,21H,7-8H2,1H3,(H2,19,20,22,23). The molecule has 1 atom stereocenters. The van der Waals surface area contributed by atoms with Crippen LogP contribution in [0.5, 0.6) is 0 Å². The van der Waals surface area contributed by atoms with Crippen LogP contribution in [0.25, 0.3) is 10.9 Å². The second-order valence-electron chi connectivity index (χ2n) is 6.16. The molecule has 0 aliphatic rings. The van der Waals surface area contributed by atoms with E-state index in [-0.39, 0.29) is 21.8 Å². The Morgan fingerprint density at radius 2 is 1.77 bits per heavy atom. The van der Waals surface area contributed by atoms with Crippen LogP contribution in [0, 0.1) is 0 Å². The molecule has 1 aromatic heterocycles. The lowest BCUT2D eigenvalue weighted by Gasteiger charge is -2.14. The zero-order chi connectivity index (χ0) is 18.7. The molecule has 3 rings (SSSR count). The number of benzene rings is 2. The van der Waals surface area contributed by atoms with E-state index in [1.54, 1.807) is 6.92 Å². The fourth-order valence-corrected chi connectivity index (χ4v) is 4.03. The maximum absolute atomic E-state index is 12.6. The monoisotopic (exact) mass is 373 g/mol. The van der Waals surface area contributed by atoms with Crippen LogP contribution < -0.4 is 16.0 Å². The van der Waals surface area contributed by atoms with Crippen LogP contribution in [0.4, 0.5) is 0 Å². The number of nitrogens with one attached hydrogen (secondary N) is 3. The lowest BCUT2D eigenvalue weighted by molar-refractivity contribution is 0.547. The Hall–Kier alpha value is -2.71. The average Bonchev–Trinajstić information content (AvgIpc) is 2.60. The van der Waals surface area contributed by atoms with Gasteiger partial charge >= 0.3 is 5.69 Å². The fraction of sp³-hybridized carbons (Fsp3) is 0.222. The van der Waals surface area contributed by atoms with Crippen molar-refractivity contribution < 1.29 is 8.42 Å². The summed E-state index contributed by atoms with van der Waals surface area (Å²) in [4.78, 5) is 27.7. The molecule has 0 spiro atoms. The van der Waals surface area contributed by atoms with Crippen LogP contribution in [0.3, 0.4) is 0 Å². The highest BCUT2D eigenvalue weighted by atomic mass is 32.2. The Labute approximate surface area is 150 Å².